The van der Waals surface area contributed by atoms with Crippen molar-refractivity contribution in [2.24, 2.45) is 0 Å². The van der Waals surface area contributed by atoms with E-state index in [1.807, 2.05) is 104 Å². The van der Waals surface area contributed by atoms with Crippen molar-refractivity contribution in [2.75, 3.05) is 28.4 Å². The van der Waals surface area contributed by atoms with Gasteiger partial charge in [-0.25, -0.2) is 29.9 Å². The van der Waals surface area contributed by atoms with Gasteiger partial charge in [0.2, 0.25) is 46.3 Å². The lowest BCUT2D eigenvalue weighted by Crippen LogP contribution is -2.57. The number of fused-ring (bicyclic) bond motifs is 20. The first-order valence-corrected chi connectivity index (χ1v) is 25.3. The van der Waals surface area contributed by atoms with Crippen molar-refractivity contribution >= 4 is 88.7 Å². The van der Waals surface area contributed by atoms with Gasteiger partial charge in [0.15, 0.2) is 0 Å². The van der Waals surface area contributed by atoms with Gasteiger partial charge < -0.3 is 66.8 Å². The monoisotopic (exact) mass is 1040 g/mol. The van der Waals surface area contributed by atoms with Gasteiger partial charge in [-0.15, -0.1) is 0 Å². The standard InChI is InChI=1S/C56H62N8O12/c1-25(2)69-37-29-21-17-18-22-30(29)38(70-26(3)4)34-33(37)45-57-46(34)60-50-43-44(76-56(12,68-16)55(11,67-15)75-43)52(64-50)62-48-36-35(39(71-27(5)6)31-23-19-20-24-32(31)40(36)72-28(7)8)47(58-48)61-51-42-41(49(59-45)63-51)73-53(9,65-13)54(10,66-14)74-42/h17-28H,1-16H3,(H2,57,58,59,60,61,62,63,64)/t53-,54-,55-,56-/m1/s1. The molecule has 8 bridgehead atoms. The predicted molar refractivity (Wildman–Crippen MR) is 285 cm³/mol. The van der Waals surface area contributed by atoms with E-state index in [-0.39, 0.29) is 93.3 Å². The minimum absolute atomic E-state index is 0.0678. The molecule has 4 aliphatic heterocycles. The van der Waals surface area contributed by atoms with Crippen LogP contribution < -0.4 is 18.9 Å². The largest absolute Gasteiger partial charge is 0.490 e. The molecular formula is C56H62N8O12. The zero-order valence-electron chi connectivity index (χ0n) is 45.5. The molecule has 0 spiro atoms. The van der Waals surface area contributed by atoms with Crippen LogP contribution in [0, 0.1) is 0 Å². The number of benzene rings is 4. The number of H-pyrrole nitrogens is 2. The zero-order valence-corrected chi connectivity index (χ0v) is 45.5. The van der Waals surface area contributed by atoms with Crippen LogP contribution in [0.2, 0.25) is 0 Å². The van der Waals surface area contributed by atoms with Gasteiger partial charge in [0.05, 0.1) is 46.0 Å². The van der Waals surface area contributed by atoms with Gasteiger partial charge in [0.25, 0.3) is 23.1 Å². The molecule has 0 saturated heterocycles. The minimum Gasteiger partial charge on any atom is -0.490 e. The first-order chi connectivity index (χ1) is 36.2. The lowest BCUT2D eigenvalue weighted by Gasteiger charge is -2.45. The fourth-order valence-corrected chi connectivity index (χ4v) is 9.86. The molecule has 4 aromatic carbocycles. The molecule has 4 aliphatic rings. The molecule has 0 amide bonds. The fraction of sp³-hybridized carbons (Fsp3) is 0.429. The summed E-state index contributed by atoms with van der Waals surface area (Å²) in [5, 5.41) is 5.13. The summed E-state index contributed by atoms with van der Waals surface area (Å²) in [6.45, 7) is 22.5. The molecule has 0 fully saturated rings. The van der Waals surface area contributed by atoms with E-state index >= 15 is 0 Å². The highest BCUT2D eigenvalue weighted by Crippen LogP contribution is 2.53. The highest BCUT2D eigenvalue weighted by Gasteiger charge is 2.59. The van der Waals surface area contributed by atoms with Gasteiger partial charge in [-0.2, -0.15) is 0 Å². The zero-order chi connectivity index (χ0) is 54.0. The molecule has 0 unspecified atom stereocenters. The first-order valence-electron chi connectivity index (χ1n) is 25.3. The Hall–Kier alpha value is -7.52. The first kappa shape index (κ1) is 50.6. The average molecular weight is 1040 g/mol. The normalized spacial score (nSPS) is 22.4. The molecule has 7 heterocycles. The highest BCUT2D eigenvalue weighted by atomic mass is 16.8. The summed E-state index contributed by atoms with van der Waals surface area (Å²) in [6, 6.07) is 15.7. The van der Waals surface area contributed by atoms with Gasteiger partial charge in [-0.1, -0.05) is 48.5 Å². The van der Waals surface area contributed by atoms with Crippen LogP contribution in [0.25, 0.3) is 88.7 Å². The second-order valence-corrected chi connectivity index (χ2v) is 20.5. The Kier molecular flexibility index (Phi) is 12.0. The smallest absolute Gasteiger partial charge is 0.273 e. The number of rotatable bonds is 12. The Morgan fingerprint density at radius 3 is 0.750 bits per heavy atom. The van der Waals surface area contributed by atoms with Gasteiger partial charge in [0.1, 0.15) is 45.6 Å². The Balaban J connectivity index is 1.41. The minimum atomic E-state index is -1.53. The number of methoxy groups -OCH3 is 4. The Morgan fingerprint density at radius 1 is 0.355 bits per heavy atom. The molecule has 4 atom stereocenters. The van der Waals surface area contributed by atoms with Crippen molar-refractivity contribution in [2.45, 2.75) is 131 Å². The SMILES string of the molecule is CO[C@]1(C)OC2=C(O[C@@]1(C)OC)c1nc2nc2[nH]c(nc3nc(nc4[nH]c(n1)c1c(OC(C)C)c5ccccc5c(OC(C)C)c41)C1=C3O[C@@](C)(OC)[C@](C)(OC)O1)c1c(OC(C)C)c3ccccc3c(OC(C)C)c21. The molecule has 2 N–H and O–H groups in total. The number of aromatic amines is 2. The van der Waals surface area contributed by atoms with E-state index in [1.165, 1.54) is 28.4 Å². The van der Waals surface area contributed by atoms with Crippen LogP contribution in [0.4, 0.5) is 0 Å². The summed E-state index contributed by atoms with van der Waals surface area (Å²) in [7, 11) is 6.01. The van der Waals surface area contributed by atoms with Crippen LogP contribution in [0.1, 0.15) is 106 Å². The summed E-state index contributed by atoms with van der Waals surface area (Å²) in [5.41, 5.74) is 1.07. The maximum atomic E-state index is 6.84. The maximum Gasteiger partial charge on any atom is 0.273 e. The number of hydrogen-bond acceptors (Lipinski definition) is 18. The second-order valence-electron chi connectivity index (χ2n) is 20.5. The second kappa shape index (κ2) is 18.1. The number of nitrogens with one attached hydrogen (secondary N) is 2. The van der Waals surface area contributed by atoms with E-state index in [9.17, 15) is 0 Å². The van der Waals surface area contributed by atoms with E-state index in [1.54, 1.807) is 27.7 Å². The molecule has 0 aliphatic carbocycles. The topological polar surface area (TPSA) is 220 Å². The lowest BCUT2D eigenvalue weighted by molar-refractivity contribution is -0.359. The van der Waals surface area contributed by atoms with Gasteiger partial charge in [-0.3, -0.25) is 0 Å². The van der Waals surface area contributed by atoms with Gasteiger partial charge >= 0.3 is 0 Å². The summed E-state index contributed by atoms with van der Waals surface area (Å²) < 4.78 is 78.8. The van der Waals surface area contributed by atoms with Crippen LogP contribution in [0.3, 0.4) is 0 Å². The molecule has 0 radical (unpaired) electrons. The van der Waals surface area contributed by atoms with Crippen LogP contribution in [-0.4, -0.2) is 116 Å². The van der Waals surface area contributed by atoms with Crippen LogP contribution >= 0.6 is 0 Å². The van der Waals surface area contributed by atoms with Crippen LogP contribution in [0.5, 0.6) is 23.0 Å². The average Bonchev–Trinajstić information content (AvgIpc) is 4.29. The fourth-order valence-electron chi connectivity index (χ4n) is 9.86. The van der Waals surface area contributed by atoms with Crippen molar-refractivity contribution in [3.8, 4) is 23.0 Å². The molecule has 0 saturated carbocycles. The molecule has 76 heavy (non-hydrogen) atoms. The van der Waals surface area contributed by atoms with Crippen molar-refractivity contribution in [3.63, 3.8) is 0 Å². The van der Waals surface area contributed by atoms with Crippen molar-refractivity contribution in [1.82, 2.24) is 39.9 Å². The quantitative estimate of drug-likeness (QED) is 0.116. The molecular weight excluding hydrogens is 977 g/mol. The summed E-state index contributed by atoms with van der Waals surface area (Å²) >= 11 is 0. The molecule has 398 valence electrons. The summed E-state index contributed by atoms with van der Waals surface area (Å²) in [6.07, 6.45) is -1.16. The third-order valence-corrected chi connectivity index (χ3v) is 14.0. The molecule has 3 aromatic heterocycles. The Morgan fingerprint density at radius 2 is 0.566 bits per heavy atom. The van der Waals surface area contributed by atoms with Gasteiger partial charge in [0, 0.05) is 77.7 Å². The van der Waals surface area contributed by atoms with E-state index in [0.717, 1.165) is 21.5 Å². The van der Waals surface area contributed by atoms with Crippen LogP contribution in [-0.2, 0) is 37.9 Å². The summed E-state index contributed by atoms with van der Waals surface area (Å²) in [4.78, 5) is 38.7. The molecule has 7 aromatic rings. The maximum absolute atomic E-state index is 6.84. The Bertz CT molecular complexity index is 3320. The van der Waals surface area contributed by atoms with Gasteiger partial charge in [-0.05, 0) is 55.4 Å². The van der Waals surface area contributed by atoms with E-state index in [0.29, 0.717) is 44.5 Å². The lowest BCUT2D eigenvalue weighted by atomic mass is 10.0. The van der Waals surface area contributed by atoms with E-state index in [2.05, 4.69) is 9.97 Å². The van der Waals surface area contributed by atoms with E-state index < -0.39 is 23.1 Å². The van der Waals surface area contributed by atoms with Crippen molar-refractivity contribution in [3.05, 3.63) is 71.8 Å². The van der Waals surface area contributed by atoms with Crippen molar-refractivity contribution < 1.29 is 56.8 Å². The molecule has 20 heteroatoms. The number of ether oxygens (including phenoxy) is 12. The molecule has 11 rings (SSSR count). The van der Waals surface area contributed by atoms with Crippen LogP contribution in [0.15, 0.2) is 48.5 Å². The number of nitrogens with zero attached hydrogens (tertiary/aromatic N) is 6. The third-order valence-electron chi connectivity index (χ3n) is 14.0. The molecule has 20 nitrogen and oxygen atoms in total. The number of hydrogen-bond donors (Lipinski definition) is 2. The predicted octanol–water partition coefficient (Wildman–Crippen LogP) is 10.9. The van der Waals surface area contributed by atoms with E-state index in [4.69, 9.17) is 86.7 Å². The van der Waals surface area contributed by atoms with Crippen molar-refractivity contribution in [1.29, 1.82) is 0 Å². The number of aromatic nitrogens is 8. The summed E-state index contributed by atoms with van der Waals surface area (Å²) in [5.74, 6) is -3.38. The Labute approximate surface area is 438 Å². The third kappa shape index (κ3) is 7.69. The highest BCUT2D eigenvalue weighted by molar-refractivity contribution is 6.22.